The number of rotatable bonds is 3. The third-order valence-corrected chi connectivity index (χ3v) is 4.90. The van der Waals surface area contributed by atoms with Gasteiger partial charge in [-0.25, -0.2) is 4.79 Å². The van der Waals surface area contributed by atoms with E-state index in [4.69, 9.17) is 0 Å². The van der Waals surface area contributed by atoms with E-state index in [1.54, 1.807) is 0 Å². The first-order valence-electron chi connectivity index (χ1n) is 7.94. The van der Waals surface area contributed by atoms with E-state index in [2.05, 4.69) is 5.10 Å². The number of hydrogen-bond acceptors (Lipinski definition) is 3. The number of aliphatic hydroxyl groups is 1. The monoisotopic (exact) mass is 388 g/mol. The van der Waals surface area contributed by atoms with Gasteiger partial charge < -0.3 is 5.11 Å². The van der Waals surface area contributed by atoms with Crippen molar-refractivity contribution in [2.45, 2.75) is 50.2 Å². The molecule has 1 aliphatic rings. The number of amides is 1. The molecule has 0 radical (unpaired) electrons. The highest BCUT2D eigenvalue weighted by Gasteiger charge is 2.62. The largest absolute Gasteiger partial charge is 0.430 e. The Balaban J connectivity index is 2.12. The third kappa shape index (κ3) is 4.03. The van der Waals surface area contributed by atoms with Gasteiger partial charge in [-0.3, -0.25) is 9.16 Å². The molecule has 0 bridgehead atoms. The van der Waals surface area contributed by atoms with Crippen LogP contribution in [-0.4, -0.2) is 63.4 Å². The summed E-state index contributed by atoms with van der Waals surface area (Å²) in [6, 6.07) is 1.44. The van der Waals surface area contributed by atoms with Crippen molar-refractivity contribution in [2.75, 3.05) is 20.1 Å². The number of piperidine rings is 1. The van der Waals surface area contributed by atoms with Crippen molar-refractivity contribution < 1.29 is 40.7 Å². The Morgan fingerprint density at radius 2 is 1.81 bits per heavy atom. The second-order valence-electron chi connectivity index (χ2n) is 7.02. The maximum absolute atomic E-state index is 12.9. The predicted octanol–water partition coefficient (Wildman–Crippen LogP) is 2.61. The van der Waals surface area contributed by atoms with Crippen molar-refractivity contribution in [3.05, 3.63) is 18.0 Å². The highest BCUT2D eigenvalue weighted by molar-refractivity contribution is 5.79. The molecule has 1 saturated heterocycles. The molecule has 0 aliphatic carbocycles. The third-order valence-electron chi connectivity index (χ3n) is 4.90. The minimum atomic E-state index is -5.10. The van der Waals surface area contributed by atoms with Crippen LogP contribution in [0.4, 0.5) is 26.3 Å². The van der Waals surface area contributed by atoms with E-state index in [-0.39, 0.29) is 31.8 Å². The Labute approximate surface area is 145 Å². The molecule has 2 heterocycles. The van der Waals surface area contributed by atoms with E-state index in [9.17, 15) is 36.2 Å². The molecule has 1 unspecified atom stereocenters. The number of alkyl halides is 6. The number of hydrogen-bond donors (Lipinski definition) is 1. The number of carbonyl (C=O) groups is 1. The van der Waals surface area contributed by atoms with Gasteiger partial charge >= 0.3 is 18.3 Å². The summed E-state index contributed by atoms with van der Waals surface area (Å²) in [4.78, 5) is 12.3. The van der Waals surface area contributed by atoms with Gasteiger partial charge in [-0.05, 0) is 13.0 Å². The summed E-state index contributed by atoms with van der Waals surface area (Å²) in [7, 11) is 1.30. The summed E-state index contributed by atoms with van der Waals surface area (Å²) < 4.78 is 76.7. The zero-order valence-corrected chi connectivity index (χ0v) is 14.2. The SMILES string of the molecule is CC(O)(C(=O)[N+]1(C)CCC(c2ccnn2CC(F)(F)F)CC1)C(F)(F)F. The van der Waals surface area contributed by atoms with Crippen LogP contribution >= 0.6 is 0 Å². The smallest absolute Gasteiger partial charge is 0.370 e. The maximum atomic E-state index is 12.9. The Morgan fingerprint density at radius 1 is 1.27 bits per heavy atom. The van der Waals surface area contributed by atoms with Gasteiger partial charge in [-0.15, -0.1) is 0 Å². The summed E-state index contributed by atoms with van der Waals surface area (Å²) >= 11 is 0. The molecule has 26 heavy (non-hydrogen) atoms. The van der Waals surface area contributed by atoms with Crippen LogP contribution in [0.5, 0.6) is 0 Å². The number of halogens is 6. The Bertz CT molecular complexity index is 657. The zero-order valence-electron chi connectivity index (χ0n) is 14.2. The molecule has 1 aliphatic heterocycles. The quantitative estimate of drug-likeness (QED) is 0.640. The summed E-state index contributed by atoms with van der Waals surface area (Å²) in [5.41, 5.74) is -3.14. The number of nitrogens with zero attached hydrogens (tertiary/aromatic N) is 3. The Kier molecular flexibility index (Phi) is 5.19. The lowest BCUT2D eigenvalue weighted by Gasteiger charge is -2.41. The average Bonchev–Trinajstić information content (AvgIpc) is 2.92. The van der Waals surface area contributed by atoms with E-state index in [1.807, 2.05) is 0 Å². The fourth-order valence-electron chi connectivity index (χ4n) is 3.28. The first-order valence-corrected chi connectivity index (χ1v) is 7.94. The molecule has 1 amide bonds. The Morgan fingerprint density at radius 3 is 2.27 bits per heavy atom. The van der Waals surface area contributed by atoms with Gasteiger partial charge in [0.25, 0.3) is 5.60 Å². The van der Waals surface area contributed by atoms with Gasteiger partial charge in [0, 0.05) is 30.7 Å². The highest BCUT2D eigenvalue weighted by atomic mass is 19.4. The summed E-state index contributed by atoms with van der Waals surface area (Å²) in [5.74, 6) is -1.72. The fourth-order valence-corrected chi connectivity index (χ4v) is 3.28. The number of aromatic nitrogens is 2. The van der Waals surface area contributed by atoms with Crippen molar-refractivity contribution >= 4 is 5.91 Å². The highest BCUT2D eigenvalue weighted by Crippen LogP contribution is 2.37. The number of quaternary nitrogens is 1. The fraction of sp³-hybridized carbons (Fsp3) is 0.733. The van der Waals surface area contributed by atoms with Crippen LogP contribution in [0.2, 0.25) is 0 Å². The lowest BCUT2D eigenvalue weighted by atomic mass is 9.90. The van der Waals surface area contributed by atoms with Crippen molar-refractivity contribution in [3.8, 4) is 0 Å². The molecular formula is C15H20F6N3O2+. The molecule has 0 spiro atoms. The number of likely N-dealkylation sites (tertiary alicyclic amines) is 1. The van der Waals surface area contributed by atoms with Crippen molar-refractivity contribution in [2.24, 2.45) is 0 Å². The van der Waals surface area contributed by atoms with Gasteiger partial charge in [0.15, 0.2) is 0 Å². The van der Waals surface area contributed by atoms with Gasteiger partial charge in [-0.1, -0.05) is 0 Å². The maximum Gasteiger partial charge on any atom is 0.430 e. The van der Waals surface area contributed by atoms with E-state index in [1.165, 1.54) is 19.3 Å². The molecule has 0 aromatic carbocycles. The van der Waals surface area contributed by atoms with Gasteiger partial charge in [0.05, 0.1) is 20.1 Å². The number of likely N-dealkylation sites (N-methyl/N-ethyl adjacent to an activating group) is 1. The normalized spacial score (nSPS) is 27.2. The first kappa shape index (κ1) is 20.7. The standard InChI is InChI=1S/C15H20F6N3O2/c1-13(26,15(19,20)21)12(25)24(2)7-4-10(5-8-24)11-3-6-22-23(11)9-14(16,17)18/h3,6,10,26H,4-5,7-9H2,1-2H3/q+1. The van der Waals surface area contributed by atoms with Gasteiger partial charge in [-0.2, -0.15) is 31.4 Å². The molecule has 1 fully saturated rings. The van der Waals surface area contributed by atoms with E-state index < -0.39 is 34.9 Å². The van der Waals surface area contributed by atoms with E-state index >= 15 is 0 Å². The molecule has 1 aromatic rings. The first-order chi connectivity index (χ1) is 11.7. The van der Waals surface area contributed by atoms with Gasteiger partial charge in [0.2, 0.25) is 0 Å². The molecule has 1 aromatic heterocycles. The second-order valence-corrected chi connectivity index (χ2v) is 7.02. The average molecular weight is 388 g/mol. The molecule has 5 nitrogen and oxygen atoms in total. The van der Waals surface area contributed by atoms with Gasteiger partial charge in [0.1, 0.15) is 6.54 Å². The van der Waals surface area contributed by atoms with Crippen molar-refractivity contribution in [3.63, 3.8) is 0 Å². The topological polar surface area (TPSA) is 55.1 Å². The van der Waals surface area contributed by atoms with Crippen molar-refractivity contribution in [1.29, 1.82) is 0 Å². The lowest BCUT2D eigenvalue weighted by molar-refractivity contribution is -0.844. The molecule has 1 atom stereocenters. The minimum Gasteiger partial charge on any atom is -0.370 e. The zero-order chi connectivity index (χ0) is 20.0. The van der Waals surface area contributed by atoms with Crippen LogP contribution in [0.15, 0.2) is 12.3 Å². The predicted molar refractivity (Wildman–Crippen MR) is 77.9 cm³/mol. The summed E-state index contributed by atoms with van der Waals surface area (Å²) in [5, 5.41) is 13.3. The summed E-state index contributed by atoms with van der Waals surface area (Å²) in [6.07, 6.45) is -7.89. The lowest BCUT2D eigenvalue weighted by Crippen LogP contribution is -2.65. The number of carbonyl (C=O) groups excluding carboxylic acids is 1. The van der Waals surface area contributed by atoms with E-state index in [0.717, 1.165) is 4.68 Å². The van der Waals surface area contributed by atoms with E-state index in [0.29, 0.717) is 12.6 Å². The molecule has 1 N–H and O–H groups in total. The minimum absolute atomic E-state index is 0.0209. The van der Waals surface area contributed by atoms with Crippen LogP contribution in [0.3, 0.4) is 0 Å². The van der Waals surface area contributed by atoms with Crippen LogP contribution in [0, 0.1) is 0 Å². The summed E-state index contributed by atoms with van der Waals surface area (Å²) in [6.45, 7) is -0.872. The molecule has 2 rings (SSSR count). The molecule has 11 heteroatoms. The molecule has 148 valence electrons. The molecule has 0 saturated carbocycles. The molecular weight excluding hydrogens is 368 g/mol. The van der Waals surface area contributed by atoms with Crippen LogP contribution in [0.1, 0.15) is 31.4 Å². The van der Waals surface area contributed by atoms with Crippen LogP contribution < -0.4 is 0 Å². The second kappa shape index (κ2) is 6.52. The Hall–Kier alpha value is -1.62. The van der Waals surface area contributed by atoms with Crippen LogP contribution in [-0.2, 0) is 11.3 Å². The van der Waals surface area contributed by atoms with Crippen LogP contribution in [0.25, 0.3) is 0 Å². The van der Waals surface area contributed by atoms with Crippen molar-refractivity contribution in [1.82, 2.24) is 9.78 Å².